The molecule has 0 bridgehead atoms. The van der Waals surface area contributed by atoms with Crippen LogP contribution in [-0.2, 0) is 9.59 Å². The molecule has 2 aliphatic rings. The topological polar surface area (TPSA) is 99.5 Å². The largest absolute Gasteiger partial charge is 0.490 e. The van der Waals surface area contributed by atoms with Gasteiger partial charge in [0.15, 0.2) is 5.82 Å². The Labute approximate surface area is 180 Å². The zero-order valence-corrected chi connectivity index (χ0v) is 17.1. The number of rotatable bonds is 2. The molecule has 0 radical (unpaired) electrons. The third-order valence-corrected chi connectivity index (χ3v) is 5.84. The minimum atomic E-state index is -5.08. The van der Waals surface area contributed by atoms with Gasteiger partial charge >= 0.3 is 12.1 Å². The highest BCUT2D eigenvalue weighted by Crippen LogP contribution is 2.44. The number of carboxylic acids is 1. The van der Waals surface area contributed by atoms with Gasteiger partial charge in [0, 0.05) is 38.1 Å². The van der Waals surface area contributed by atoms with Crippen molar-refractivity contribution in [2.24, 2.45) is 0 Å². The minimum Gasteiger partial charge on any atom is -0.475 e. The quantitative estimate of drug-likeness (QED) is 0.695. The highest BCUT2D eigenvalue weighted by atomic mass is 19.4. The summed E-state index contributed by atoms with van der Waals surface area (Å²) in [5, 5.41) is 7.12. The van der Waals surface area contributed by atoms with Crippen LogP contribution < -0.4 is 4.90 Å². The number of halogens is 4. The van der Waals surface area contributed by atoms with Crippen LogP contribution in [0, 0.1) is 5.82 Å². The first-order chi connectivity index (χ1) is 15.0. The number of likely N-dealkylation sites (tertiary alicyclic amines) is 1. The average Bonchev–Trinajstić information content (AvgIpc) is 3.01. The fourth-order valence-electron chi connectivity index (χ4n) is 4.05. The van der Waals surface area contributed by atoms with E-state index in [0.717, 1.165) is 37.9 Å². The molecule has 1 atom stereocenters. The standard InChI is InChI=1S/C18H20FN5O.C2HF3O2/c1-23-16(25)15(13-3-2-6-20-10-13)9-18(23)4-7-24(8-5-18)17-21-11-14(19)12-22-17;3-2(4,5)1(6)7/h2-3,6,10-12,15H,4-5,7-9H2,1H3;(H,6,7). The molecule has 8 nitrogen and oxygen atoms in total. The zero-order chi connectivity index (χ0) is 23.5. The summed E-state index contributed by atoms with van der Waals surface area (Å²) in [5.74, 6) is -2.59. The van der Waals surface area contributed by atoms with E-state index < -0.39 is 18.0 Å². The van der Waals surface area contributed by atoms with Crippen LogP contribution in [0.5, 0.6) is 0 Å². The SMILES string of the molecule is CN1C(=O)C(c2cccnc2)CC12CCN(c1ncc(F)cn1)CC2.O=C(O)C(F)(F)F. The number of aromatic nitrogens is 3. The van der Waals surface area contributed by atoms with Crippen molar-refractivity contribution >= 4 is 17.8 Å². The van der Waals surface area contributed by atoms with Crippen molar-refractivity contribution in [1.29, 1.82) is 0 Å². The van der Waals surface area contributed by atoms with E-state index in [1.54, 1.807) is 12.4 Å². The number of hydrogen-bond acceptors (Lipinski definition) is 6. The van der Waals surface area contributed by atoms with Crippen LogP contribution in [0.1, 0.15) is 30.7 Å². The Kier molecular flexibility index (Phi) is 6.60. The number of pyridine rings is 1. The number of aliphatic carboxylic acids is 1. The molecule has 2 aromatic rings. The van der Waals surface area contributed by atoms with E-state index in [2.05, 4.69) is 19.9 Å². The number of carbonyl (C=O) groups is 2. The van der Waals surface area contributed by atoms with Gasteiger partial charge in [-0.3, -0.25) is 9.78 Å². The van der Waals surface area contributed by atoms with Crippen LogP contribution >= 0.6 is 0 Å². The molecule has 12 heteroatoms. The summed E-state index contributed by atoms with van der Waals surface area (Å²) >= 11 is 0. The highest BCUT2D eigenvalue weighted by Gasteiger charge is 2.50. The van der Waals surface area contributed by atoms with Crippen molar-refractivity contribution in [3.63, 3.8) is 0 Å². The molecule has 1 unspecified atom stereocenters. The van der Waals surface area contributed by atoms with E-state index in [1.807, 2.05) is 24.1 Å². The lowest BCUT2D eigenvalue weighted by Crippen LogP contribution is -2.52. The summed E-state index contributed by atoms with van der Waals surface area (Å²) in [6.07, 6.45) is 3.33. The Morgan fingerprint density at radius 2 is 1.78 bits per heavy atom. The number of likely N-dealkylation sites (N-methyl/N-ethyl adjacent to an activating group) is 1. The van der Waals surface area contributed by atoms with Crippen molar-refractivity contribution in [3.8, 4) is 0 Å². The van der Waals surface area contributed by atoms with Gasteiger partial charge in [0.1, 0.15) is 0 Å². The third kappa shape index (κ3) is 4.94. The van der Waals surface area contributed by atoms with Crippen molar-refractivity contribution in [2.75, 3.05) is 25.0 Å². The molecule has 1 spiro atoms. The van der Waals surface area contributed by atoms with Gasteiger partial charge in [0.05, 0.1) is 18.3 Å². The fraction of sp³-hybridized carbons (Fsp3) is 0.450. The number of carbonyl (C=O) groups excluding carboxylic acids is 1. The molecule has 0 aliphatic carbocycles. The van der Waals surface area contributed by atoms with Crippen LogP contribution in [0.4, 0.5) is 23.5 Å². The predicted molar refractivity (Wildman–Crippen MR) is 104 cm³/mol. The molecule has 0 aromatic carbocycles. The number of hydrogen-bond donors (Lipinski definition) is 1. The summed E-state index contributed by atoms with van der Waals surface area (Å²) in [4.78, 5) is 37.9. The van der Waals surface area contributed by atoms with E-state index in [4.69, 9.17) is 9.90 Å². The van der Waals surface area contributed by atoms with Crippen LogP contribution in [0.15, 0.2) is 36.9 Å². The van der Waals surface area contributed by atoms with E-state index in [0.29, 0.717) is 5.95 Å². The van der Waals surface area contributed by atoms with E-state index in [1.165, 1.54) is 12.4 Å². The average molecular weight is 455 g/mol. The first-order valence-electron chi connectivity index (χ1n) is 9.74. The van der Waals surface area contributed by atoms with Crippen LogP contribution in [-0.4, -0.2) is 68.7 Å². The molecule has 2 fully saturated rings. The zero-order valence-electron chi connectivity index (χ0n) is 17.1. The molecule has 32 heavy (non-hydrogen) atoms. The normalized spacial score (nSPS) is 20.2. The number of piperidine rings is 1. The second-order valence-corrected chi connectivity index (χ2v) is 7.66. The summed E-state index contributed by atoms with van der Waals surface area (Å²) < 4.78 is 44.7. The molecular weight excluding hydrogens is 434 g/mol. The summed E-state index contributed by atoms with van der Waals surface area (Å²) in [7, 11) is 1.91. The monoisotopic (exact) mass is 455 g/mol. The van der Waals surface area contributed by atoms with Crippen molar-refractivity contribution in [3.05, 3.63) is 48.3 Å². The van der Waals surface area contributed by atoms with Crippen LogP contribution in [0.2, 0.25) is 0 Å². The molecular formula is C20H21F4N5O3. The van der Waals surface area contributed by atoms with E-state index in [9.17, 15) is 22.4 Å². The Bertz CT molecular complexity index is 948. The number of carboxylic acid groups (broad SMARTS) is 1. The fourth-order valence-corrected chi connectivity index (χ4v) is 4.05. The molecule has 0 saturated carbocycles. The number of amides is 1. The maximum atomic E-state index is 13.0. The molecule has 1 amide bonds. The molecule has 4 heterocycles. The first kappa shape index (κ1) is 23.4. The van der Waals surface area contributed by atoms with Crippen LogP contribution in [0.3, 0.4) is 0 Å². The van der Waals surface area contributed by atoms with Gasteiger partial charge in [-0.1, -0.05) is 6.07 Å². The van der Waals surface area contributed by atoms with Gasteiger partial charge in [-0.25, -0.2) is 19.2 Å². The van der Waals surface area contributed by atoms with E-state index >= 15 is 0 Å². The van der Waals surface area contributed by atoms with Crippen molar-refractivity contribution in [1.82, 2.24) is 19.9 Å². The van der Waals surface area contributed by atoms with Gasteiger partial charge in [-0.15, -0.1) is 0 Å². The second-order valence-electron chi connectivity index (χ2n) is 7.66. The minimum absolute atomic E-state index is 0.118. The summed E-state index contributed by atoms with van der Waals surface area (Å²) in [5.41, 5.74) is 0.856. The number of anilines is 1. The summed E-state index contributed by atoms with van der Waals surface area (Å²) in [6.45, 7) is 1.51. The predicted octanol–water partition coefficient (Wildman–Crippen LogP) is 2.63. The number of nitrogens with zero attached hydrogens (tertiary/aromatic N) is 5. The smallest absolute Gasteiger partial charge is 0.475 e. The van der Waals surface area contributed by atoms with Crippen molar-refractivity contribution < 1.29 is 32.3 Å². The Balaban J connectivity index is 0.000000360. The summed E-state index contributed by atoms with van der Waals surface area (Å²) in [6, 6.07) is 3.85. The molecule has 1 N–H and O–H groups in total. The molecule has 4 rings (SSSR count). The lowest BCUT2D eigenvalue weighted by molar-refractivity contribution is -0.192. The lowest BCUT2D eigenvalue weighted by atomic mass is 9.81. The van der Waals surface area contributed by atoms with Gasteiger partial charge in [0.25, 0.3) is 0 Å². The molecule has 2 saturated heterocycles. The first-order valence-corrected chi connectivity index (χ1v) is 9.74. The Morgan fingerprint density at radius 3 is 2.28 bits per heavy atom. The maximum absolute atomic E-state index is 13.0. The second kappa shape index (κ2) is 9.05. The Morgan fingerprint density at radius 1 is 1.19 bits per heavy atom. The highest BCUT2D eigenvalue weighted by molar-refractivity contribution is 5.87. The Hall–Kier alpha value is -3.31. The third-order valence-electron chi connectivity index (χ3n) is 5.84. The van der Waals surface area contributed by atoms with Gasteiger partial charge in [-0.05, 0) is 30.9 Å². The van der Waals surface area contributed by atoms with Gasteiger partial charge in [-0.2, -0.15) is 13.2 Å². The van der Waals surface area contributed by atoms with Gasteiger partial charge < -0.3 is 14.9 Å². The molecule has 172 valence electrons. The van der Waals surface area contributed by atoms with E-state index in [-0.39, 0.29) is 17.4 Å². The van der Waals surface area contributed by atoms with Gasteiger partial charge in [0.2, 0.25) is 11.9 Å². The van der Waals surface area contributed by atoms with Crippen molar-refractivity contribution in [2.45, 2.75) is 36.9 Å². The number of alkyl halides is 3. The van der Waals surface area contributed by atoms with Crippen LogP contribution in [0.25, 0.3) is 0 Å². The molecule has 2 aromatic heterocycles. The lowest BCUT2D eigenvalue weighted by Gasteiger charge is -2.43. The molecule has 2 aliphatic heterocycles. The maximum Gasteiger partial charge on any atom is 0.490 e.